The molecule has 1 aliphatic carbocycles. The molecule has 6 heteroatoms. The molecule has 2 aromatic rings. The maximum absolute atomic E-state index is 6.04. The summed E-state index contributed by atoms with van der Waals surface area (Å²) in [5, 5.41) is 0. The molecule has 0 spiro atoms. The Kier molecular flexibility index (Phi) is 2.81. The van der Waals surface area contributed by atoms with E-state index in [2.05, 4.69) is 14.9 Å². The topological polar surface area (TPSA) is 73.5 Å². The lowest BCUT2D eigenvalue weighted by atomic mass is 9.99. The lowest BCUT2D eigenvalue weighted by molar-refractivity contribution is 0.248. The van der Waals surface area contributed by atoms with Crippen LogP contribution >= 0.6 is 0 Å². The molecule has 2 unspecified atom stereocenters. The van der Waals surface area contributed by atoms with E-state index in [1.165, 1.54) is 5.56 Å². The fourth-order valence-corrected chi connectivity index (χ4v) is 4.21. The van der Waals surface area contributed by atoms with Gasteiger partial charge in [0.1, 0.15) is 11.3 Å². The van der Waals surface area contributed by atoms with E-state index in [-0.39, 0.29) is 0 Å². The number of ether oxygens (including phenoxy) is 2. The Hall–Kier alpha value is -1.92. The zero-order valence-corrected chi connectivity index (χ0v) is 13.1. The molecule has 1 saturated heterocycles. The highest BCUT2D eigenvalue weighted by atomic mass is 16.5. The molecule has 2 fully saturated rings. The molecule has 2 aliphatic heterocycles. The van der Waals surface area contributed by atoms with Gasteiger partial charge in [0.05, 0.1) is 25.4 Å². The Morgan fingerprint density at radius 3 is 2.96 bits per heavy atom. The zero-order valence-electron chi connectivity index (χ0n) is 13.1. The average Bonchev–Trinajstić information content (AvgIpc) is 2.99. The van der Waals surface area contributed by atoms with E-state index in [0.717, 1.165) is 36.4 Å². The van der Waals surface area contributed by atoms with Gasteiger partial charge in [-0.1, -0.05) is 0 Å². The minimum Gasteiger partial charge on any atom is -0.491 e. The monoisotopic (exact) mass is 312 g/mol. The lowest BCUT2D eigenvalue weighted by Gasteiger charge is -2.22. The van der Waals surface area contributed by atoms with Crippen molar-refractivity contribution in [1.29, 1.82) is 0 Å². The summed E-state index contributed by atoms with van der Waals surface area (Å²) in [6, 6.07) is 4.25. The summed E-state index contributed by atoms with van der Waals surface area (Å²) in [4.78, 5) is 11.6. The highest BCUT2D eigenvalue weighted by Crippen LogP contribution is 2.45. The minimum absolute atomic E-state index is 0.337. The van der Waals surface area contributed by atoms with Crippen LogP contribution in [-0.4, -0.2) is 54.3 Å². The maximum Gasteiger partial charge on any atom is 0.213 e. The molecule has 3 aliphatic rings. The van der Waals surface area contributed by atoms with Crippen molar-refractivity contribution in [3.63, 3.8) is 0 Å². The predicted molar refractivity (Wildman–Crippen MR) is 85.7 cm³/mol. The van der Waals surface area contributed by atoms with E-state index in [0.29, 0.717) is 36.3 Å². The van der Waals surface area contributed by atoms with E-state index in [1.807, 2.05) is 18.3 Å². The number of piperidine rings is 1. The summed E-state index contributed by atoms with van der Waals surface area (Å²) < 4.78 is 11.1. The molecule has 0 radical (unpaired) electrons. The zero-order chi connectivity index (χ0) is 15.6. The van der Waals surface area contributed by atoms with Crippen LogP contribution in [0.15, 0.2) is 18.3 Å². The second kappa shape index (κ2) is 4.79. The van der Waals surface area contributed by atoms with Crippen LogP contribution in [0, 0.1) is 11.8 Å². The number of rotatable bonds is 3. The SMILES string of the molecule is COc1ccc2ncc3c(c2n1)C(CN1C[C@@H]2C(N)[C@@H]2C1)CO3. The first kappa shape index (κ1) is 13.5. The predicted octanol–water partition coefficient (Wildman–Crippen LogP) is 1.00. The van der Waals surface area contributed by atoms with Gasteiger partial charge in [-0.2, -0.15) is 0 Å². The molecular formula is C17H20N4O2. The van der Waals surface area contributed by atoms with Crippen LogP contribution in [0.4, 0.5) is 0 Å². The van der Waals surface area contributed by atoms with Crippen LogP contribution in [0.25, 0.3) is 11.0 Å². The van der Waals surface area contributed by atoms with Crippen molar-refractivity contribution >= 4 is 11.0 Å². The Morgan fingerprint density at radius 2 is 2.17 bits per heavy atom. The third kappa shape index (κ3) is 2.01. The first-order valence-corrected chi connectivity index (χ1v) is 8.19. The number of hydrogen-bond acceptors (Lipinski definition) is 6. The first-order chi connectivity index (χ1) is 11.2. The fraction of sp³-hybridized carbons (Fsp3) is 0.529. The van der Waals surface area contributed by atoms with Gasteiger partial charge < -0.3 is 20.1 Å². The number of nitrogens with zero attached hydrogens (tertiary/aromatic N) is 3. The van der Waals surface area contributed by atoms with Gasteiger partial charge in [-0.15, -0.1) is 0 Å². The van der Waals surface area contributed by atoms with Gasteiger partial charge >= 0.3 is 0 Å². The van der Waals surface area contributed by atoms with Crippen LogP contribution in [0.2, 0.25) is 0 Å². The number of hydrogen-bond donors (Lipinski definition) is 1. The van der Waals surface area contributed by atoms with Crippen LogP contribution in [0.1, 0.15) is 11.5 Å². The fourth-order valence-electron chi connectivity index (χ4n) is 4.21. The van der Waals surface area contributed by atoms with Crippen LogP contribution < -0.4 is 15.2 Å². The molecule has 5 rings (SSSR count). The molecule has 0 aromatic carbocycles. The van der Waals surface area contributed by atoms with Gasteiger partial charge in [0.25, 0.3) is 0 Å². The smallest absolute Gasteiger partial charge is 0.213 e. The third-order valence-corrected chi connectivity index (χ3v) is 5.56. The molecule has 1 saturated carbocycles. The quantitative estimate of drug-likeness (QED) is 0.911. The third-order valence-electron chi connectivity index (χ3n) is 5.56. The van der Waals surface area contributed by atoms with Crippen molar-refractivity contribution in [3.8, 4) is 11.6 Å². The van der Waals surface area contributed by atoms with Crippen LogP contribution in [0.3, 0.4) is 0 Å². The molecule has 4 heterocycles. The summed E-state index contributed by atoms with van der Waals surface area (Å²) in [5.41, 5.74) is 9.02. The Labute approximate surface area is 134 Å². The molecule has 0 amide bonds. The van der Waals surface area contributed by atoms with E-state index in [9.17, 15) is 0 Å². The van der Waals surface area contributed by atoms with Crippen molar-refractivity contribution in [3.05, 3.63) is 23.9 Å². The normalized spacial score (nSPS) is 31.7. The number of aromatic nitrogens is 2. The molecular weight excluding hydrogens is 292 g/mol. The van der Waals surface area contributed by atoms with Gasteiger partial charge in [-0.05, 0) is 17.9 Å². The molecule has 6 nitrogen and oxygen atoms in total. The van der Waals surface area contributed by atoms with Gasteiger partial charge in [0.15, 0.2) is 0 Å². The molecule has 0 bridgehead atoms. The van der Waals surface area contributed by atoms with Crippen molar-refractivity contribution in [2.45, 2.75) is 12.0 Å². The second-order valence-corrected chi connectivity index (χ2v) is 6.89. The Morgan fingerprint density at radius 1 is 1.35 bits per heavy atom. The minimum atomic E-state index is 0.337. The second-order valence-electron chi connectivity index (χ2n) is 6.89. The summed E-state index contributed by atoms with van der Waals surface area (Å²) in [5.74, 6) is 3.24. The molecule has 4 atom stereocenters. The van der Waals surface area contributed by atoms with Crippen LogP contribution in [0.5, 0.6) is 11.6 Å². The highest BCUT2D eigenvalue weighted by molar-refractivity contribution is 5.81. The summed E-state index contributed by atoms with van der Waals surface area (Å²) in [6.45, 7) is 3.95. The standard InChI is InChI=1S/C17H20N4O2/c1-22-14-3-2-12-17(20-14)15-9(8-23-13(15)4-19-12)5-21-6-10-11(7-21)16(10)18/h2-4,9-11,16H,5-8,18H2,1H3/t9?,10-,11+,16?. The van der Waals surface area contributed by atoms with Crippen molar-refractivity contribution in [2.24, 2.45) is 17.6 Å². The number of likely N-dealkylation sites (tertiary alicyclic amines) is 1. The maximum atomic E-state index is 6.04. The first-order valence-electron chi connectivity index (χ1n) is 8.19. The van der Waals surface area contributed by atoms with Crippen molar-refractivity contribution in [1.82, 2.24) is 14.9 Å². The number of nitrogens with two attached hydrogens (primary N) is 1. The molecule has 120 valence electrons. The molecule has 2 N–H and O–H groups in total. The molecule has 2 aromatic heterocycles. The summed E-state index contributed by atoms with van der Waals surface area (Å²) >= 11 is 0. The van der Waals surface area contributed by atoms with Gasteiger partial charge in [-0.25, -0.2) is 4.98 Å². The Balaban J connectivity index is 1.47. The summed E-state index contributed by atoms with van der Waals surface area (Å²) in [7, 11) is 1.64. The molecule has 23 heavy (non-hydrogen) atoms. The van der Waals surface area contributed by atoms with Crippen LogP contribution in [-0.2, 0) is 0 Å². The number of methoxy groups -OCH3 is 1. The van der Waals surface area contributed by atoms with Crippen molar-refractivity contribution in [2.75, 3.05) is 33.4 Å². The number of pyridine rings is 2. The van der Waals surface area contributed by atoms with E-state index >= 15 is 0 Å². The summed E-state index contributed by atoms with van der Waals surface area (Å²) in [6.07, 6.45) is 1.82. The highest BCUT2D eigenvalue weighted by Gasteiger charge is 2.53. The largest absolute Gasteiger partial charge is 0.491 e. The average molecular weight is 312 g/mol. The van der Waals surface area contributed by atoms with E-state index < -0.39 is 0 Å². The lowest BCUT2D eigenvalue weighted by Crippen LogP contribution is -2.32. The Bertz CT molecular complexity index is 769. The number of fused-ring (bicyclic) bond motifs is 4. The van der Waals surface area contributed by atoms with Crippen molar-refractivity contribution < 1.29 is 9.47 Å². The van der Waals surface area contributed by atoms with Gasteiger partial charge in [0, 0.05) is 43.2 Å². The van der Waals surface area contributed by atoms with E-state index in [4.69, 9.17) is 15.2 Å². The van der Waals surface area contributed by atoms with Gasteiger partial charge in [-0.3, -0.25) is 4.98 Å². The van der Waals surface area contributed by atoms with Gasteiger partial charge in [0.2, 0.25) is 5.88 Å². The van der Waals surface area contributed by atoms with E-state index in [1.54, 1.807) is 7.11 Å².